The molecule has 0 aliphatic rings. The van der Waals surface area contributed by atoms with Crippen LogP contribution in [0.3, 0.4) is 0 Å². The number of unbranched alkanes of at least 4 members (excludes halogenated alkanes) is 1. The van der Waals surface area contributed by atoms with Crippen LogP contribution in [0.2, 0.25) is 0 Å². The van der Waals surface area contributed by atoms with Gasteiger partial charge in [-0.25, -0.2) is 9.67 Å². The van der Waals surface area contributed by atoms with E-state index in [0.717, 1.165) is 60.6 Å². The largest absolute Gasteiger partial charge is 0.246 e. The molecule has 31 heavy (non-hydrogen) atoms. The molecule has 0 aliphatic carbocycles. The maximum absolute atomic E-state index is 4.82. The number of hydrogen-bond acceptors (Lipinski definition) is 5. The van der Waals surface area contributed by atoms with E-state index in [0.29, 0.717) is 5.82 Å². The molecule has 0 radical (unpaired) electrons. The van der Waals surface area contributed by atoms with E-state index < -0.39 is 0 Å². The number of nitrogens with one attached hydrogen (secondary N) is 1. The number of hydrogen-bond donors (Lipinski definition) is 1. The lowest BCUT2D eigenvalue weighted by Gasteiger charge is -2.08. The fourth-order valence-corrected chi connectivity index (χ4v) is 3.54. The maximum atomic E-state index is 4.82. The number of tetrazole rings is 1. The van der Waals surface area contributed by atoms with Crippen LogP contribution < -0.4 is 0 Å². The average Bonchev–Trinajstić information content (AvgIpc) is 3.47. The van der Waals surface area contributed by atoms with Gasteiger partial charge in [0.2, 0.25) is 5.82 Å². The molecular formula is C24H27N7. The Bertz CT molecular complexity index is 1130. The third-order valence-corrected chi connectivity index (χ3v) is 5.20. The zero-order chi connectivity index (χ0) is 21.5. The van der Waals surface area contributed by atoms with Crippen LogP contribution in [-0.4, -0.2) is 35.4 Å². The molecule has 158 valence electrons. The van der Waals surface area contributed by atoms with Gasteiger partial charge in [0.15, 0.2) is 5.82 Å². The zero-order valence-electron chi connectivity index (χ0n) is 18.0. The van der Waals surface area contributed by atoms with Crippen LogP contribution in [0.1, 0.15) is 43.9 Å². The third-order valence-electron chi connectivity index (χ3n) is 5.20. The first-order chi connectivity index (χ1) is 15.3. The van der Waals surface area contributed by atoms with Gasteiger partial charge in [-0.3, -0.25) is 0 Å². The molecular weight excluding hydrogens is 386 g/mol. The van der Waals surface area contributed by atoms with Gasteiger partial charge in [-0.1, -0.05) is 74.0 Å². The Balaban J connectivity index is 1.57. The number of nitrogens with zero attached hydrogens (tertiary/aromatic N) is 6. The van der Waals surface area contributed by atoms with Gasteiger partial charge < -0.3 is 0 Å². The molecule has 0 aliphatic heterocycles. The molecule has 0 bridgehead atoms. The first kappa shape index (κ1) is 20.7. The molecule has 2 aromatic carbocycles. The van der Waals surface area contributed by atoms with Crippen LogP contribution >= 0.6 is 0 Å². The fraction of sp³-hybridized carbons (Fsp3) is 0.292. The molecule has 4 aromatic rings. The highest BCUT2D eigenvalue weighted by Crippen LogP contribution is 2.29. The first-order valence-corrected chi connectivity index (χ1v) is 10.7. The van der Waals surface area contributed by atoms with Crippen molar-refractivity contribution in [2.45, 2.75) is 46.1 Å². The van der Waals surface area contributed by atoms with Crippen molar-refractivity contribution in [3.63, 3.8) is 0 Å². The minimum absolute atomic E-state index is 0.594. The Morgan fingerprint density at radius 3 is 2.55 bits per heavy atom. The van der Waals surface area contributed by atoms with Gasteiger partial charge in [0.05, 0.1) is 6.54 Å². The number of H-pyrrole nitrogens is 1. The summed E-state index contributed by atoms with van der Waals surface area (Å²) in [5.41, 5.74) is 4.35. The van der Waals surface area contributed by atoms with Crippen molar-refractivity contribution in [1.29, 1.82) is 0 Å². The fourth-order valence-electron chi connectivity index (χ4n) is 3.54. The summed E-state index contributed by atoms with van der Waals surface area (Å²) in [5.74, 6) is 2.53. The van der Waals surface area contributed by atoms with E-state index in [1.165, 1.54) is 5.56 Å². The Kier molecular flexibility index (Phi) is 6.62. The van der Waals surface area contributed by atoms with Crippen molar-refractivity contribution in [3.8, 4) is 22.5 Å². The second kappa shape index (κ2) is 9.93. The van der Waals surface area contributed by atoms with Gasteiger partial charge in [0, 0.05) is 18.4 Å². The molecule has 0 saturated carbocycles. The first-order valence-electron chi connectivity index (χ1n) is 10.7. The minimum Gasteiger partial charge on any atom is -0.246 e. The molecule has 0 saturated heterocycles. The van der Waals surface area contributed by atoms with E-state index in [9.17, 15) is 0 Å². The average molecular weight is 414 g/mol. The van der Waals surface area contributed by atoms with Crippen LogP contribution in [0.15, 0.2) is 60.7 Å². The molecule has 2 heterocycles. The third kappa shape index (κ3) is 4.94. The number of allylic oxidation sites excluding steroid dienone is 2. The molecule has 0 unspecified atom stereocenters. The van der Waals surface area contributed by atoms with Crippen molar-refractivity contribution >= 4 is 0 Å². The number of aromatic amines is 1. The lowest BCUT2D eigenvalue weighted by molar-refractivity contribution is 0.646. The monoisotopic (exact) mass is 413 g/mol. The topological polar surface area (TPSA) is 85.2 Å². The summed E-state index contributed by atoms with van der Waals surface area (Å²) in [6.07, 6.45) is 8.10. The number of benzene rings is 2. The molecule has 2 aromatic heterocycles. The van der Waals surface area contributed by atoms with Gasteiger partial charge in [-0.2, -0.15) is 10.3 Å². The van der Waals surface area contributed by atoms with E-state index in [2.05, 4.69) is 64.0 Å². The molecule has 0 atom stereocenters. The van der Waals surface area contributed by atoms with Gasteiger partial charge in [-0.05, 0) is 35.2 Å². The summed E-state index contributed by atoms with van der Waals surface area (Å²) in [4.78, 5) is 4.82. The number of rotatable bonds is 9. The van der Waals surface area contributed by atoms with Crippen molar-refractivity contribution in [1.82, 2.24) is 35.4 Å². The Labute approximate surface area is 182 Å². The van der Waals surface area contributed by atoms with Crippen molar-refractivity contribution in [2.24, 2.45) is 0 Å². The predicted molar refractivity (Wildman–Crippen MR) is 121 cm³/mol. The molecule has 0 fully saturated rings. The van der Waals surface area contributed by atoms with Crippen molar-refractivity contribution < 1.29 is 0 Å². The van der Waals surface area contributed by atoms with Crippen LogP contribution in [0.4, 0.5) is 0 Å². The molecule has 7 heteroatoms. The van der Waals surface area contributed by atoms with E-state index in [1.54, 1.807) is 0 Å². The van der Waals surface area contributed by atoms with E-state index in [1.807, 2.05) is 35.9 Å². The molecule has 0 spiro atoms. The van der Waals surface area contributed by atoms with Crippen LogP contribution in [0.25, 0.3) is 22.5 Å². The highest BCUT2D eigenvalue weighted by molar-refractivity contribution is 5.80. The normalized spacial score (nSPS) is 11.4. The molecule has 1 N–H and O–H groups in total. The standard InChI is InChI=1S/C24H27N7/c1-3-5-11-22-25-23(31(28-22)16-6-4-2)17-18-12-14-19(15-13-18)20-9-7-8-10-21(20)24-26-29-30-27-24/h4,6-10,12-15H,3,5,11,16-17H2,1-2H3,(H,26,27,29,30). The van der Waals surface area contributed by atoms with Gasteiger partial charge in [0.25, 0.3) is 0 Å². The molecule has 7 nitrogen and oxygen atoms in total. The number of aromatic nitrogens is 7. The second-order valence-corrected chi connectivity index (χ2v) is 7.45. The van der Waals surface area contributed by atoms with Crippen LogP contribution in [0, 0.1) is 0 Å². The van der Waals surface area contributed by atoms with Crippen LogP contribution in [-0.2, 0) is 19.4 Å². The molecule has 4 rings (SSSR count). The lowest BCUT2D eigenvalue weighted by Crippen LogP contribution is -2.05. The summed E-state index contributed by atoms with van der Waals surface area (Å²) >= 11 is 0. The highest BCUT2D eigenvalue weighted by Gasteiger charge is 2.12. The van der Waals surface area contributed by atoms with Gasteiger partial charge in [0.1, 0.15) is 5.82 Å². The van der Waals surface area contributed by atoms with E-state index in [4.69, 9.17) is 10.1 Å². The summed E-state index contributed by atoms with van der Waals surface area (Å²) in [6.45, 7) is 4.97. The Hall–Kier alpha value is -3.61. The quantitative estimate of drug-likeness (QED) is 0.404. The van der Waals surface area contributed by atoms with Crippen molar-refractivity contribution in [2.75, 3.05) is 0 Å². The maximum Gasteiger partial charge on any atom is 0.205 e. The van der Waals surface area contributed by atoms with Gasteiger partial charge in [-0.15, -0.1) is 10.2 Å². The number of aryl methyl sites for hydroxylation is 1. The van der Waals surface area contributed by atoms with Crippen LogP contribution in [0.5, 0.6) is 0 Å². The van der Waals surface area contributed by atoms with E-state index >= 15 is 0 Å². The Morgan fingerprint density at radius 1 is 1.03 bits per heavy atom. The lowest BCUT2D eigenvalue weighted by atomic mass is 9.98. The smallest absolute Gasteiger partial charge is 0.205 e. The SMILES string of the molecule is CC=CCn1nc(CCCC)nc1Cc1ccc(-c2ccccc2-c2nn[nH]n2)cc1. The van der Waals surface area contributed by atoms with Crippen molar-refractivity contribution in [3.05, 3.63) is 77.9 Å². The minimum atomic E-state index is 0.594. The predicted octanol–water partition coefficient (Wildman–Crippen LogP) is 4.63. The Morgan fingerprint density at radius 2 is 1.84 bits per heavy atom. The summed E-state index contributed by atoms with van der Waals surface area (Å²) in [7, 11) is 0. The van der Waals surface area contributed by atoms with Gasteiger partial charge >= 0.3 is 0 Å². The highest BCUT2D eigenvalue weighted by atomic mass is 15.5. The van der Waals surface area contributed by atoms with E-state index in [-0.39, 0.29) is 0 Å². The summed E-state index contributed by atoms with van der Waals surface area (Å²) in [5, 5.41) is 19.2. The summed E-state index contributed by atoms with van der Waals surface area (Å²) in [6, 6.07) is 16.7. The molecule has 0 amide bonds. The summed E-state index contributed by atoms with van der Waals surface area (Å²) < 4.78 is 2.02. The second-order valence-electron chi connectivity index (χ2n) is 7.45. The zero-order valence-corrected chi connectivity index (χ0v) is 18.0.